The lowest BCUT2D eigenvalue weighted by molar-refractivity contribution is -0.139. The maximum atomic E-state index is 12.3. The van der Waals surface area contributed by atoms with E-state index in [4.69, 9.17) is 9.84 Å². The van der Waals surface area contributed by atoms with Crippen molar-refractivity contribution >= 4 is 34.4 Å². The number of hydrogen-bond acceptors (Lipinski definition) is 4. The largest absolute Gasteiger partial charge is 0.481 e. The van der Waals surface area contributed by atoms with Crippen molar-refractivity contribution in [1.29, 1.82) is 0 Å². The van der Waals surface area contributed by atoms with E-state index in [-0.39, 0.29) is 24.5 Å². The molecular formula is C21H25N3O5. The molecule has 1 fully saturated rings. The Hall–Kier alpha value is -3.29. The van der Waals surface area contributed by atoms with Gasteiger partial charge in [-0.2, -0.15) is 0 Å². The van der Waals surface area contributed by atoms with Gasteiger partial charge in [0, 0.05) is 22.5 Å². The van der Waals surface area contributed by atoms with Crippen LogP contribution in [0.4, 0.5) is 10.5 Å². The Morgan fingerprint density at radius 3 is 2.45 bits per heavy atom. The van der Waals surface area contributed by atoms with Crippen molar-refractivity contribution in [2.24, 2.45) is 0 Å². The molecule has 0 aromatic heterocycles. The standard InChI is InChI=1S/C21H25N3O5/c25-19(12-22-21(28)23-14-6-2-1-3-7-14)24-17-10-11-18(29-13-20(26)27)16-9-5-4-8-15(16)17/h4-5,8-11,14H,1-3,6-7,12-13H2,(H,24,25)(H,26,27)(H2,22,23,28). The van der Waals surface area contributed by atoms with Gasteiger partial charge in [-0.05, 0) is 25.0 Å². The van der Waals surface area contributed by atoms with Crippen LogP contribution >= 0.6 is 0 Å². The SMILES string of the molecule is O=C(O)COc1ccc(NC(=O)CNC(=O)NC2CCCCC2)c2ccccc12. The number of ether oxygens (including phenoxy) is 1. The number of hydrogen-bond donors (Lipinski definition) is 4. The molecule has 0 aliphatic heterocycles. The van der Waals surface area contributed by atoms with Crippen molar-refractivity contribution in [3.63, 3.8) is 0 Å². The molecule has 2 aromatic carbocycles. The van der Waals surface area contributed by atoms with Gasteiger partial charge in [0.1, 0.15) is 5.75 Å². The van der Waals surface area contributed by atoms with Crippen LogP contribution < -0.4 is 20.7 Å². The minimum absolute atomic E-state index is 0.149. The van der Waals surface area contributed by atoms with Gasteiger partial charge in [0.2, 0.25) is 5.91 Å². The van der Waals surface area contributed by atoms with Gasteiger partial charge in [0.25, 0.3) is 0 Å². The molecule has 1 aliphatic rings. The fourth-order valence-corrected chi connectivity index (χ4v) is 3.48. The summed E-state index contributed by atoms with van der Waals surface area (Å²) in [6.45, 7) is -0.597. The summed E-state index contributed by atoms with van der Waals surface area (Å²) >= 11 is 0. The van der Waals surface area contributed by atoms with Crippen LogP contribution in [0.15, 0.2) is 36.4 Å². The quantitative estimate of drug-likeness (QED) is 0.571. The first-order valence-electron chi connectivity index (χ1n) is 9.73. The lowest BCUT2D eigenvalue weighted by Crippen LogP contribution is -2.45. The summed E-state index contributed by atoms with van der Waals surface area (Å²) in [4.78, 5) is 35.0. The fraction of sp³-hybridized carbons (Fsp3) is 0.381. The fourth-order valence-electron chi connectivity index (χ4n) is 3.48. The van der Waals surface area contributed by atoms with Crippen molar-refractivity contribution < 1.29 is 24.2 Å². The minimum atomic E-state index is -1.07. The number of anilines is 1. The van der Waals surface area contributed by atoms with E-state index in [1.54, 1.807) is 24.3 Å². The predicted molar refractivity (Wildman–Crippen MR) is 109 cm³/mol. The summed E-state index contributed by atoms with van der Waals surface area (Å²) in [5, 5.41) is 18.5. The van der Waals surface area contributed by atoms with E-state index in [0.717, 1.165) is 31.1 Å². The van der Waals surface area contributed by atoms with E-state index >= 15 is 0 Å². The summed E-state index contributed by atoms with van der Waals surface area (Å²) in [5.74, 6) is -0.997. The highest BCUT2D eigenvalue weighted by molar-refractivity contribution is 6.05. The maximum Gasteiger partial charge on any atom is 0.341 e. The van der Waals surface area contributed by atoms with E-state index < -0.39 is 12.6 Å². The van der Waals surface area contributed by atoms with Crippen LogP contribution in [0.1, 0.15) is 32.1 Å². The lowest BCUT2D eigenvalue weighted by Gasteiger charge is -2.22. The number of carboxylic acid groups (broad SMARTS) is 1. The van der Waals surface area contributed by atoms with Crippen LogP contribution in [-0.4, -0.2) is 42.2 Å². The van der Waals surface area contributed by atoms with Crippen molar-refractivity contribution in [1.82, 2.24) is 10.6 Å². The average Bonchev–Trinajstić information content (AvgIpc) is 2.72. The number of carboxylic acids is 1. The summed E-state index contributed by atoms with van der Waals surface area (Å²) in [6.07, 6.45) is 5.38. The Labute approximate surface area is 168 Å². The van der Waals surface area contributed by atoms with E-state index in [2.05, 4.69) is 16.0 Å². The highest BCUT2D eigenvalue weighted by Gasteiger charge is 2.16. The molecule has 1 aliphatic carbocycles. The molecule has 8 heteroatoms. The number of nitrogens with one attached hydrogen (secondary N) is 3. The number of benzene rings is 2. The molecule has 0 bridgehead atoms. The molecule has 4 N–H and O–H groups in total. The molecule has 29 heavy (non-hydrogen) atoms. The summed E-state index contributed by atoms with van der Waals surface area (Å²) in [7, 11) is 0. The number of rotatable bonds is 7. The number of amides is 3. The van der Waals surface area contributed by atoms with Crippen molar-refractivity contribution in [2.45, 2.75) is 38.1 Å². The van der Waals surface area contributed by atoms with Gasteiger partial charge in [0.05, 0.1) is 6.54 Å². The van der Waals surface area contributed by atoms with Gasteiger partial charge in [0.15, 0.2) is 6.61 Å². The molecule has 0 atom stereocenters. The average molecular weight is 399 g/mol. The van der Waals surface area contributed by atoms with Gasteiger partial charge in [-0.1, -0.05) is 43.5 Å². The smallest absolute Gasteiger partial charge is 0.341 e. The third-order valence-corrected chi connectivity index (χ3v) is 4.86. The van der Waals surface area contributed by atoms with Gasteiger partial charge < -0.3 is 25.8 Å². The monoisotopic (exact) mass is 399 g/mol. The highest BCUT2D eigenvalue weighted by atomic mass is 16.5. The van der Waals surface area contributed by atoms with Gasteiger partial charge in [-0.15, -0.1) is 0 Å². The number of carbonyl (C=O) groups is 3. The predicted octanol–water partition coefficient (Wildman–Crippen LogP) is 2.87. The molecular weight excluding hydrogens is 374 g/mol. The zero-order valence-corrected chi connectivity index (χ0v) is 16.1. The van der Waals surface area contributed by atoms with Crippen molar-refractivity contribution in [3.8, 4) is 5.75 Å². The molecule has 0 heterocycles. The van der Waals surface area contributed by atoms with E-state index in [9.17, 15) is 14.4 Å². The van der Waals surface area contributed by atoms with E-state index in [0.29, 0.717) is 16.8 Å². The summed E-state index contributed by atoms with van der Waals surface area (Å²) in [6, 6.07) is 10.3. The topological polar surface area (TPSA) is 117 Å². The van der Waals surface area contributed by atoms with Crippen LogP contribution in [0.3, 0.4) is 0 Å². The zero-order chi connectivity index (χ0) is 20.6. The molecule has 1 saturated carbocycles. The zero-order valence-electron chi connectivity index (χ0n) is 16.1. The minimum Gasteiger partial charge on any atom is -0.481 e. The Bertz CT molecular complexity index is 893. The van der Waals surface area contributed by atoms with E-state index in [1.165, 1.54) is 6.42 Å². The van der Waals surface area contributed by atoms with Crippen LogP contribution in [0.5, 0.6) is 5.75 Å². The molecule has 2 aromatic rings. The second kappa shape index (κ2) is 9.77. The number of carbonyl (C=O) groups excluding carboxylic acids is 2. The molecule has 8 nitrogen and oxygen atoms in total. The maximum absolute atomic E-state index is 12.3. The number of urea groups is 1. The number of fused-ring (bicyclic) bond motifs is 1. The molecule has 0 spiro atoms. The summed E-state index contributed by atoms with van der Waals surface area (Å²) in [5.41, 5.74) is 0.558. The first-order chi connectivity index (χ1) is 14.0. The van der Waals surface area contributed by atoms with Crippen LogP contribution in [0.25, 0.3) is 10.8 Å². The van der Waals surface area contributed by atoms with Gasteiger partial charge in [-0.3, -0.25) is 4.79 Å². The Balaban J connectivity index is 1.59. The Morgan fingerprint density at radius 2 is 1.72 bits per heavy atom. The van der Waals surface area contributed by atoms with Gasteiger partial charge in [-0.25, -0.2) is 9.59 Å². The second-order valence-electron chi connectivity index (χ2n) is 7.05. The molecule has 3 rings (SSSR count). The van der Waals surface area contributed by atoms with Crippen molar-refractivity contribution in [2.75, 3.05) is 18.5 Å². The first kappa shape index (κ1) is 20.4. The normalized spacial score (nSPS) is 14.2. The Morgan fingerprint density at radius 1 is 1.00 bits per heavy atom. The lowest BCUT2D eigenvalue weighted by atomic mass is 9.96. The Kier molecular flexibility index (Phi) is 6.89. The summed E-state index contributed by atoms with van der Waals surface area (Å²) < 4.78 is 5.31. The molecule has 0 saturated heterocycles. The van der Waals surface area contributed by atoms with Crippen molar-refractivity contribution in [3.05, 3.63) is 36.4 Å². The number of aliphatic carboxylic acids is 1. The molecule has 3 amide bonds. The second-order valence-corrected chi connectivity index (χ2v) is 7.05. The molecule has 154 valence electrons. The van der Waals surface area contributed by atoms with Crippen LogP contribution in [0, 0.1) is 0 Å². The van der Waals surface area contributed by atoms with Crippen LogP contribution in [-0.2, 0) is 9.59 Å². The van der Waals surface area contributed by atoms with E-state index in [1.807, 2.05) is 12.1 Å². The van der Waals surface area contributed by atoms with Gasteiger partial charge >= 0.3 is 12.0 Å². The third kappa shape index (κ3) is 5.84. The highest BCUT2D eigenvalue weighted by Crippen LogP contribution is 2.31. The molecule has 0 radical (unpaired) electrons. The third-order valence-electron chi connectivity index (χ3n) is 4.86. The molecule has 0 unspecified atom stereocenters. The van der Waals surface area contributed by atoms with Crippen LogP contribution in [0.2, 0.25) is 0 Å². The first-order valence-corrected chi connectivity index (χ1v) is 9.73.